The van der Waals surface area contributed by atoms with Gasteiger partial charge in [-0.2, -0.15) is 5.10 Å². The fourth-order valence-electron chi connectivity index (χ4n) is 3.09. The van der Waals surface area contributed by atoms with Crippen LogP contribution in [0.2, 0.25) is 0 Å². The second-order valence-electron chi connectivity index (χ2n) is 7.05. The number of carbonyl (C=O) groups excluding carboxylic acids is 1. The van der Waals surface area contributed by atoms with E-state index in [4.69, 9.17) is 0 Å². The van der Waals surface area contributed by atoms with Crippen LogP contribution in [-0.4, -0.2) is 40.2 Å². The van der Waals surface area contributed by atoms with Crippen LogP contribution in [0, 0.1) is 13.8 Å². The number of nitrogens with one attached hydrogen (secondary N) is 3. The Morgan fingerprint density at radius 3 is 2.68 bits per heavy atom. The molecule has 0 saturated heterocycles. The highest BCUT2D eigenvalue weighted by Gasteiger charge is 2.14. The number of fused-ring (bicyclic) bond motifs is 1. The minimum absolute atomic E-state index is 0.228. The molecule has 0 radical (unpaired) electrons. The Hall–Kier alpha value is -3.61. The van der Waals surface area contributed by atoms with Gasteiger partial charge < -0.3 is 15.2 Å². The van der Waals surface area contributed by atoms with Gasteiger partial charge in [0.25, 0.3) is 5.91 Å². The first kappa shape index (κ1) is 17.8. The number of amides is 1. The molecule has 0 aliphatic carbocycles. The summed E-state index contributed by atoms with van der Waals surface area (Å²) >= 11 is 0. The lowest BCUT2D eigenvalue weighted by Crippen LogP contribution is -2.13. The summed E-state index contributed by atoms with van der Waals surface area (Å²) < 4.78 is 0. The van der Waals surface area contributed by atoms with Crippen LogP contribution in [0.4, 0.5) is 11.4 Å². The average Bonchev–Trinajstić information content (AvgIpc) is 3.25. The molecule has 3 heterocycles. The zero-order chi connectivity index (χ0) is 19.8. The van der Waals surface area contributed by atoms with Crippen molar-refractivity contribution in [2.45, 2.75) is 13.8 Å². The summed E-state index contributed by atoms with van der Waals surface area (Å²) in [5.74, 6) is -0.228. The topological polar surface area (TPSA) is 89.7 Å². The highest BCUT2D eigenvalue weighted by molar-refractivity contribution is 6.04. The summed E-state index contributed by atoms with van der Waals surface area (Å²) in [7, 11) is 4.04. The van der Waals surface area contributed by atoms with Gasteiger partial charge in [-0.05, 0) is 38.1 Å². The molecule has 28 heavy (non-hydrogen) atoms. The summed E-state index contributed by atoms with van der Waals surface area (Å²) in [4.78, 5) is 22.4. The zero-order valence-corrected chi connectivity index (χ0v) is 16.3. The lowest BCUT2D eigenvalue weighted by Gasteiger charge is -2.13. The zero-order valence-electron chi connectivity index (χ0n) is 16.3. The first-order chi connectivity index (χ1) is 13.4. The Morgan fingerprint density at radius 2 is 1.96 bits per heavy atom. The highest BCUT2D eigenvalue weighted by atomic mass is 16.1. The molecule has 1 amide bonds. The Labute approximate surface area is 162 Å². The smallest absolute Gasteiger partial charge is 0.273 e. The van der Waals surface area contributed by atoms with E-state index in [1.165, 1.54) is 0 Å². The molecule has 0 bridgehead atoms. The lowest BCUT2D eigenvalue weighted by atomic mass is 10.1. The third-order valence-electron chi connectivity index (χ3n) is 4.88. The SMILES string of the molecule is Cc1n[nH]c(C(=O)Nc2cnc3[nH]c(-c4cccc(N(C)C)c4)cc3c2)c1C. The van der Waals surface area contributed by atoms with E-state index in [0.717, 1.165) is 39.2 Å². The van der Waals surface area contributed by atoms with Gasteiger partial charge in [0.15, 0.2) is 0 Å². The summed E-state index contributed by atoms with van der Waals surface area (Å²) in [5.41, 5.74) is 6.72. The van der Waals surface area contributed by atoms with E-state index in [1.807, 2.05) is 46.1 Å². The summed E-state index contributed by atoms with van der Waals surface area (Å²) in [6, 6.07) is 12.2. The minimum atomic E-state index is -0.228. The molecule has 7 heteroatoms. The maximum Gasteiger partial charge on any atom is 0.273 e. The van der Waals surface area contributed by atoms with Crippen LogP contribution in [0.25, 0.3) is 22.3 Å². The predicted octanol–water partition coefficient (Wildman–Crippen LogP) is 3.89. The van der Waals surface area contributed by atoms with Crippen molar-refractivity contribution in [3.8, 4) is 11.3 Å². The third kappa shape index (κ3) is 3.22. The van der Waals surface area contributed by atoms with Crippen LogP contribution in [0.15, 0.2) is 42.6 Å². The number of anilines is 2. The van der Waals surface area contributed by atoms with Crippen molar-refractivity contribution in [1.82, 2.24) is 20.2 Å². The Kier molecular flexibility index (Phi) is 4.35. The summed E-state index contributed by atoms with van der Waals surface area (Å²) in [6.45, 7) is 3.73. The molecule has 0 fully saturated rings. The van der Waals surface area contributed by atoms with Crippen molar-refractivity contribution in [3.63, 3.8) is 0 Å². The summed E-state index contributed by atoms with van der Waals surface area (Å²) in [6.07, 6.45) is 1.65. The Balaban J connectivity index is 1.62. The average molecular weight is 374 g/mol. The number of H-pyrrole nitrogens is 2. The van der Waals surface area contributed by atoms with Crippen LogP contribution < -0.4 is 10.2 Å². The van der Waals surface area contributed by atoms with Gasteiger partial charge in [-0.3, -0.25) is 9.89 Å². The third-order valence-corrected chi connectivity index (χ3v) is 4.88. The maximum atomic E-state index is 12.5. The van der Waals surface area contributed by atoms with Crippen molar-refractivity contribution in [2.24, 2.45) is 0 Å². The van der Waals surface area contributed by atoms with Crippen molar-refractivity contribution >= 4 is 28.3 Å². The van der Waals surface area contributed by atoms with Crippen molar-refractivity contribution < 1.29 is 4.79 Å². The summed E-state index contributed by atoms with van der Waals surface area (Å²) in [5, 5.41) is 10.7. The van der Waals surface area contributed by atoms with E-state index in [-0.39, 0.29) is 5.91 Å². The molecular weight excluding hydrogens is 352 g/mol. The number of carbonyl (C=O) groups is 1. The number of aryl methyl sites for hydroxylation is 1. The van der Waals surface area contributed by atoms with Gasteiger partial charge in [-0.25, -0.2) is 4.98 Å². The standard InChI is InChI=1S/C21H22N6O/c1-12-13(2)25-26-19(12)21(28)23-16-8-15-10-18(24-20(15)22-11-16)14-6-5-7-17(9-14)27(3)4/h5-11H,1-4H3,(H,22,24)(H,23,28)(H,25,26). The number of aromatic nitrogens is 4. The van der Waals surface area contributed by atoms with Gasteiger partial charge in [0, 0.05) is 42.0 Å². The van der Waals surface area contributed by atoms with E-state index in [2.05, 4.69) is 48.6 Å². The second kappa shape index (κ2) is 6.84. The fourth-order valence-corrected chi connectivity index (χ4v) is 3.09. The van der Waals surface area contributed by atoms with Gasteiger partial charge in [0.2, 0.25) is 0 Å². The molecule has 0 aliphatic rings. The van der Waals surface area contributed by atoms with Crippen LogP contribution in [0.1, 0.15) is 21.7 Å². The number of hydrogen-bond acceptors (Lipinski definition) is 4. The van der Waals surface area contributed by atoms with Crippen LogP contribution in [0.3, 0.4) is 0 Å². The van der Waals surface area contributed by atoms with Crippen molar-refractivity contribution in [2.75, 3.05) is 24.3 Å². The van der Waals surface area contributed by atoms with E-state index >= 15 is 0 Å². The van der Waals surface area contributed by atoms with E-state index in [0.29, 0.717) is 11.4 Å². The molecule has 7 nitrogen and oxygen atoms in total. The number of nitrogens with zero attached hydrogens (tertiary/aromatic N) is 3. The van der Waals surface area contributed by atoms with Crippen LogP contribution in [-0.2, 0) is 0 Å². The minimum Gasteiger partial charge on any atom is -0.378 e. The van der Waals surface area contributed by atoms with Gasteiger partial charge in [-0.1, -0.05) is 12.1 Å². The van der Waals surface area contributed by atoms with Crippen molar-refractivity contribution in [1.29, 1.82) is 0 Å². The molecule has 3 aromatic heterocycles. The highest BCUT2D eigenvalue weighted by Crippen LogP contribution is 2.27. The Morgan fingerprint density at radius 1 is 1.14 bits per heavy atom. The van der Waals surface area contributed by atoms with Crippen LogP contribution >= 0.6 is 0 Å². The van der Waals surface area contributed by atoms with Gasteiger partial charge in [0.1, 0.15) is 11.3 Å². The molecule has 0 unspecified atom stereocenters. The molecule has 4 rings (SSSR count). The quantitative estimate of drug-likeness (QED) is 0.505. The molecule has 0 aliphatic heterocycles. The Bertz CT molecular complexity index is 1170. The van der Waals surface area contributed by atoms with Gasteiger partial charge in [0.05, 0.1) is 17.6 Å². The molecule has 0 saturated carbocycles. The van der Waals surface area contributed by atoms with E-state index in [1.54, 1.807) is 6.20 Å². The molecule has 142 valence electrons. The lowest BCUT2D eigenvalue weighted by molar-refractivity contribution is 0.102. The van der Waals surface area contributed by atoms with Crippen LogP contribution in [0.5, 0.6) is 0 Å². The predicted molar refractivity (Wildman–Crippen MR) is 112 cm³/mol. The molecular formula is C21H22N6O. The molecule has 1 aromatic carbocycles. The fraction of sp³-hybridized carbons (Fsp3) is 0.190. The number of aromatic amines is 2. The van der Waals surface area contributed by atoms with Gasteiger partial charge in [-0.15, -0.1) is 0 Å². The maximum absolute atomic E-state index is 12.5. The van der Waals surface area contributed by atoms with E-state index < -0.39 is 0 Å². The second-order valence-corrected chi connectivity index (χ2v) is 7.05. The number of pyridine rings is 1. The van der Waals surface area contributed by atoms with Crippen molar-refractivity contribution in [3.05, 3.63) is 59.5 Å². The molecule has 0 atom stereocenters. The first-order valence-electron chi connectivity index (χ1n) is 9.02. The number of hydrogen-bond donors (Lipinski definition) is 3. The first-order valence-corrected chi connectivity index (χ1v) is 9.02. The van der Waals surface area contributed by atoms with E-state index in [9.17, 15) is 4.79 Å². The normalized spacial score (nSPS) is 11.0. The molecule has 3 N–H and O–H groups in total. The largest absolute Gasteiger partial charge is 0.378 e. The van der Waals surface area contributed by atoms with Gasteiger partial charge >= 0.3 is 0 Å². The molecule has 4 aromatic rings. The monoisotopic (exact) mass is 374 g/mol. The molecule has 0 spiro atoms. The number of rotatable bonds is 4. The number of benzene rings is 1.